The third-order valence-electron chi connectivity index (χ3n) is 4.50. The van der Waals surface area contributed by atoms with Gasteiger partial charge < -0.3 is 14.8 Å². The molecule has 5 nitrogen and oxygen atoms in total. The van der Waals surface area contributed by atoms with Crippen molar-refractivity contribution in [2.45, 2.75) is 13.5 Å². The van der Waals surface area contributed by atoms with Gasteiger partial charge in [-0.3, -0.25) is 4.79 Å². The van der Waals surface area contributed by atoms with Crippen molar-refractivity contribution in [2.24, 2.45) is 0 Å². The van der Waals surface area contributed by atoms with Gasteiger partial charge in [0.1, 0.15) is 24.1 Å². The minimum atomic E-state index is -0.762. The minimum absolute atomic E-state index is 0.0345. The van der Waals surface area contributed by atoms with Crippen molar-refractivity contribution in [3.63, 3.8) is 0 Å². The van der Waals surface area contributed by atoms with Crippen LogP contribution in [0.3, 0.4) is 0 Å². The molecule has 0 saturated heterocycles. The molecule has 0 aliphatic carbocycles. The topological polar surface area (TPSA) is 71.3 Å². The van der Waals surface area contributed by atoms with Crippen LogP contribution >= 0.6 is 34.8 Å². The Morgan fingerprint density at radius 3 is 2.50 bits per heavy atom. The fraction of sp³-hybridized carbons (Fsp3) is 0.120. The normalized spacial score (nSPS) is 11.0. The molecule has 3 aromatic rings. The molecule has 0 saturated carbocycles. The number of benzene rings is 3. The van der Waals surface area contributed by atoms with E-state index < -0.39 is 11.7 Å². The number of nitriles is 1. The average molecular weight is 520 g/mol. The third-order valence-corrected chi connectivity index (χ3v) is 5.52. The monoisotopic (exact) mass is 518 g/mol. The number of anilines is 1. The van der Waals surface area contributed by atoms with Gasteiger partial charge in [0.25, 0.3) is 5.91 Å². The number of rotatable bonds is 8. The Morgan fingerprint density at radius 2 is 1.82 bits per heavy atom. The van der Waals surface area contributed by atoms with Crippen LogP contribution in [0.5, 0.6) is 11.5 Å². The third kappa shape index (κ3) is 6.42. The van der Waals surface area contributed by atoms with E-state index in [-0.39, 0.29) is 22.9 Å². The lowest BCUT2D eigenvalue weighted by atomic mass is 10.1. The predicted molar refractivity (Wildman–Crippen MR) is 132 cm³/mol. The second kappa shape index (κ2) is 11.8. The molecule has 0 bridgehead atoms. The maximum absolute atomic E-state index is 13.8. The first-order chi connectivity index (χ1) is 16.3. The van der Waals surface area contributed by atoms with Gasteiger partial charge in [0.05, 0.1) is 27.4 Å². The van der Waals surface area contributed by atoms with Crippen molar-refractivity contribution in [3.05, 3.63) is 92.2 Å². The zero-order chi connectivity index (χ0) is 24.7. The van der Waals surface area contributed by atoms with Gasteiger partial charge in [-0.05, 0) is 60.5 Å². The molecule has 0 aromatic heterocycles. The van der Waals surface area contributed by atoms with Crippen LogP contribution in [0.1, 0.15) is 18.1 Å². The molecule has 3 aromatic carbocycles. The van der Waals surface area contributed by atoms with E-state index in [2.05, 4.69) is 5.32 Å². The lowest BCUT2D eigenvalue weighted by Crippen LogP contribution is -2.14. The Hall–Kier alpha value is -3.24. The highest BCUT2D eigenvalue weighted by Crippen LogP contribution is 2.38. The van der Waals surface area contributed by atoms with Crippen LogP contribution in [0.15, 0.2) is 60.2 Å². The Kier molecular flexibility index (Phi) is 8.78. The van der Waals surface area contributed by atoms with Crippen LogP contribution in [-0.4, -0.2) is 12.5 Å². The van der Waals surface area contributed by atoms with Crippen molar-refractivity contribution in [3.8, 4) is 17.6 Å². The summed E-state index contributed by atoms with van der Waals surface area (Å²) in [5.74, 6) is -0.755. The van der Waals surface area contributed by atoms with Crippen LogP contribution in [0, 0.1) is 17.1 Å². The molecule has 0 heterocycles. The smallest absolute Gasteiger partial charge is 0.266 e. The van der Waals surface area contributed by atoms with Crippen molar-refractivity contribution in [1.29, 1.82) is 5.26 Å². The van der Waals surface area contributed by atoms with E-state index in [9.17, 15) is 14.4 Å². The molecular weight excluding hydrogens is 502 g/mol. The lowest BCUT2D eigenvalue weighted by molar-refractivity contribution is -0.112. The van der Waals surface area contributed by atoms with Gasteiger partial charge in [0, 0.05) is 0 Å². The van der Waals surface area contributed by atoms with Crippen LogP contribution in [0.2, 0.25) is 15.1 Å². The zero-order valence-corrected chi connectivity index (χ0v) is 20.1. The number of hydrogen-bond acceptors (Lipinski definition) is 4. The fourth-order valence-electron chi connectivity index (χ4n) is 2.93. The van der Waals surface area contributed by atoms with Gasteiger partial charge in [-0.25, -0.2) is 4.39 Å². The van der Waals surface area contributed by atoms with Crippen molar-refractivity contribution >= 4 is 52.5 Å². The number of hydrogen-bond donors (Lipinski definition) is 1. The number of para-hydroxylation sites is 1. The van der Waals surface area contributed by atoms with Crippen molar-refractivity contribution in [1.82, 2.24) is 0 Å². The lowest BCUT2D eigenvalue weighted by Gasteiger charge is -2.15. The molecule has 0 fully saturated rings. The number of nitrogens with zero attached hydrogens (tertiary/aromatic N) is 1. The van der Waals surface area contributed by atoms with E-state index in [4.69, 9.17) is 44.3 Å². The SMILES string of the molecule is CCOc1cc(/C=C(/C#N)C(=O)Nc2ccccc2F)cc(Cl)c1OCc1ccc(Cl)c(Cl)c1. The van der Waals surface area contributed by atoms with E-state index in [0.29, 0.717) is 33.7 Å². The minimum Gasteiger partial charge on any atom is -0.490 e. The standard InChI is InChI=1S/C25H18Cl3FN2O3/c1-2-33-23-12-16(9-17(13-30)25(32)31-22-6-4-3-5-21(22)29)11-20(28)24(23)34-14-15-7-8-18(26)19(27)10-15/h3-12H,2,14H2,1H3,(H,31,32)/b17-9-. The summed E-state index contributed by atoms with van der Waals surface area (Å²) in [4.78, 5) is 12.5. The molecule has 0 aliphatic rings. The largest absolute Gasteiger partial charge is 0.490 e. The highest BCUT2D eigenvalue weighted by atomic mass is 35.5. The first-order valence-corrected chi connectivity index (χ1v) is 11.2. The van der Waals surface area contributed by atoms with Gasteiger partial charge in [-0.15, -0.1) is 0 Å². The number of amides is 1. The summed E-state index contributed by atoms with van der Waals surface area (Å²) in [5.41, 5.74) is 0.919. The van der Waals surface area contributed by atoms with Crippen LogP contribution < -0.4 is 14.8 Å². The maximum atomic E-state index is 13.8. The molecule has 1 N–H and O–H groups in total. The predicted octanol–water partition coefficient (Wildman–Crippen LogP) is 7.31. The summed E-state index contributed by atoms with van der Waals surface area (Å²) < 4.78 is 25.4. The van der Waals surface area contributed by atoms with Gasteiger partial charge in [0.15, 0.2) is 11.5 Å². The van der Waals surface area contributed by atoms with E-state index in [1.165, 1.54) is 30.3 Å². The Labute approximate surface area is 211 Å². The summed E-state index contributed by atoms with van der Waals surface area (Å²) in [5, 5.41) is 12.9. The summed E-state index contributed by atoms with van der Waals surface area (Å²) >= 11 is 18.4. The number of carbonyl (C=O) groups is 1. The van der Waals surface area contributed by atoms with Crippen LogP contribution in [0.25, 0.3) is 6.08 Å². The highest BCUT2D eigenvalue weighted by Gasteiger charge is 2.16. The maximum Gasteiger partial charge on any atom is 0.266 e. The molecular formula is C25H18Cl3FN2O3. The summed E-state index contributed by atoms with van der Waals surface area (Å²) in [6.45, 7) is 2.27. The van der Waals surface area contributed by atoms with Gasteiger partial charge in [-0.1, -0.05) is 53.0 Å². The van der Waals surface area contributed by atoms with Gasteiger partial charge in [-0.2, -0.15) is 5.26 Å². The van der Waals surface area contributed by atoms with E-state index in [1.807, 2.05) is 6.07 Å². The van der Waals surface area contributed by atoms with Gasteiger partial charge >= 0.3 is 0 Å². The molecule has 0 unspecified atom stereocenters. The number of ether oxygens (including phenoxy) is 2. The molecule has 3 rings (SSSR count). The summed E-state index contributed by atoms with van der Waals surface area (Å²) in [6, 6.07) is 15.7. The molecule has 1 amide bonds. The van der Waals surface area contributed by atoms with Crippen molar-refractivity contribution < 1.29 is 18.7 Å². The zero-order valence-electron chi connectivity index (χ0n) is 17.9. The molecule has 0 aliphatic heterocycles. The molecule has 0 atom stereocenters. The van der Waals surface area contributed by atoms with Gasteiger partial charge in [0.2, 0.25) is 0 Å². The Morgan fingerprint density at radius 1 is 1.06 bits per heavy atom. The average Bonchev–Trinajstić information content (AvgIpc) is 2.80. The number of carbonyl (C=O) groups excluding carboxylic acids is 1. The van der Waals surface area contributed by atoms with Crippen molar-refractivity contribution in [2.75, 3.05) is 11.9 Å². The summed E-state index contributed by atoms with van der Waals surface area (Å²) in [7, 11) is 0. The first-order valence-electron chi connectivity index (χ1n) is 10.0. The Balaban J connectivity index is 1.86. The Bertz CT molecular complexity index is 1290. The molecule has 174 valence electrons. The molecule has 34 heavy (non-hydrogen) atoms. The van der Waals surface area contributed by atoms with E-state index in [1.54, 1.807) is 37.3 Å². The molecule has 9 heteroatoms. The number of nitrogens with one attached hydrogen (secondary N) is 1. The van der Waals surface area contributed by atoms with Crippen LogP contribution in [0.4, 0.5) is 10.1 Å². The second-order valence-corrected chi connectivity index (χ2v) is 8.13. The molecule has 0 radical (unpaired) electrons. The first kappa shape index (κ1) is 25.4. The quantitative estimate of drug-likeness (QED) is 0.250. The molecule has 0 spiro atoms. The van der Waals surface area contributed by atoms with Crippen LogP contribution in [-0.2, 0) is 11.4 Å². The number of halogens is 4. The second-order valence-electron chi connectivity index (χ2n) is 6.90. The highest BCUT2D eigenvalue weighted by molar-refractivity contribution is 6.42. The summed E-state index contributed by atoms with van der Waals surface area (Å²) in [6.07, 6.45) is 1.33. The fourth-order valence-corrected chi connectivity index (χ4v) is 3.52. The van der Waals surface area contributed by atoms with E-state index in [0.717, 1.165) is 5.56 Å². The van der Waals surface area contributed by atoms with E-state index >= 15 is 0 Å².